The fourth-order valence-corrected chi connectivity index (χ4v) is 3.01. The number of nitrogens with one attached hydrogen (secondary N) is 1. The number of likely N-dealkylation sites (tertiary alicyclic amines) is 1. The third-order valence-electron chi connectivity index (χ3n) is 4.70. The van der Waals surface area contributed by atoms with Crippen molar-refractivity contribution < 1.29 is 5.11 Å². The normalized spacial score (nSPS) is 22.9. The summed E-state index contributed by atoms with van der Waals surface area (Å²) in [6.07, 6.45) is 3.43. The van der Waals surface area contributed by atoms with Gasteiger partial charge in [0.1, 0.15) is 0 Å². The number of aliphatic hydroxyl groups excluding tert-OH is 1. The topological polar surface area (TPSA) is 35.5 Å². The molecule has 2 rings (SSSR count). The molecule has 1 fully saturated rings. The van der Waals surface area contributed by atoms with Crippen molar-refractivity contribution in [2.45, 2.75) is 37.6 Å². The number of likely N-dealkylation sites (N-methyl/N-ethyl adjacent to an activating group) is 1. The molecular weight excluding hydrogens is 248 g/mol. The lowest BCUT2D eigenvalue weighted by molar-refractivity contribution is 0.166. The largest absolute Gasteiger partial charge is 0.394 e. The minimum Gasteiger partial charge on any atom is -0.394 e. The van der Waals surface area contributed by atoms with E-state index in [2.05, 4.69) is 47.5 Å². The predicted octanol–water partition coefficient (Wildman–Crippen LogP) is 2.23. The third-order valence-corrected chi connectivity index (χ3v) is 4.70. The molecule has 0 radical (unpaired) electrons. The van der Waals surface area contributed by atoms with E-state index in [-0.39, 0.29) is 12.1 Å². The zero-order chi connectivity index (χ0) is 14.4. The minimum absolute atomic E-state index is 0.126. The molecule has 0 amide bonds. The standard InChI is InChI=1S/C17H28N2O/c1-17(14-20,18-2)10-6-11-19-12-9-16(13-19)15-7-4-3-5-8-15/h3-5,7-8,16,18,20H,6,9-14H2,1-2H3. The zero-order valence-electron chi connectivity index (χ0n) is 12.8. The number of rotatable bonds is 7. The number of nitrogens with zero attached hydrogens (tertiary/aromatic N) is 1. The van der Waals surface area contributed by atoms with Gasteiger partial charge in [0.05, 0.1) is 6.61 Å². The lowest BCUT2D eigenvalue weighted by Gasteiger charge is -2.27. The van der Waals surface area contributed by atoms with Crippen LogP contribution in [0, 0.1) is 0 Å². The van der Waals surface area contributed by atoms with E-state index >= 15 is 0 Å². The molecule has 1 aromatic rings. The van der Waals surface area contributed by atoms with Crippen molar-refractivity contribution in [3.8, 4) is 0 Å². The van der Waals surface area contributed by atoms with E-state index in [1.54, 1.807) is 0 Å². The van der Waals surface area contributed by atoms with Crippen molar-refractivity contribution >= 4 is 0 Å². The van der Waals surface area contributed by atoms with Crippen LogP contribution in [0.1, 0.15) is 37.7 Å². The average molecular weight is 276 g/mol. The Hall–Kier alpha value is -0.900. The second-order valence-electron chi connectivity index (χ2n) is 6.27. The van der Waals surface area contributed by atoms with Crippen molar-refractivity contribution in [3.63, 3.8) is 0 Å². The van der Waals surface area contributed by atoms with Crippen LogP contribution in [0.3, 0.4) is 0 Å². The van der Waals surface area contributed by atoms with Gasteiger partial charge in [0.25, 0.3) is 0 Å². The Morgan fingerprint density at radius 2 is 2.10 bits per heavy atom. The molecule has 0 spiro atoms. The van der Waals surface area contributed by atoms with E-state index in [9.17, 15) is 5.11 Å². The van der Waals surface area contributed by atoms with Gasteiger partial charge in [0.15, 0.2) is 0 Å². The highest BCUT2D eigenvalue weighted by molar-refractivity contribution is 5.20. The summed E-state index contributed by atoms with van der Waals surface area (Å²) in [6.45, 7) is 5.81. The number of hydrogen-bond acceptors (Lipinski definition) is 3. The van der Waals surface area contributed by atoms with Crippen LogP contribution in [0.25, 0.3) is 0 Å². The highest BCUT2D eigenvalue weighted by atomic mass is 16.3. The van der Waals surface area contributed by atoms with Gasteiger partial charge < -0.3 is 15.3 Å². The summed E-state index contributed by atoms with van der Waals surface area (Å²) in [5.41, 5.74) is 1.35. The summed E-state index contributed by atoms with van der Waals surface area (Å²) >= 11 is 0. The minimum atomic E-state index is -0.126. The summed E-state index contributed by atoms with van der Waals surface area (Å²) < 4.78 is 0. The molecule has 2 N–H and O–H groups in total. The third kappa shape index (κ3) is 4.05. The van der Waals surface area contributed by atoms with Crippen molar-refractivity contribution in [1.29, 1.82) is 0 Å². The molecule has 2 unspecified atom stereocenters. The molecule has 1 aliphatic rings. The summed E-state index contributed by atoms with van der Waals surface area (Å²) in [5.74, 6) is 0.699. The quantitative estimate of drug-likeness (QED) is 0.801. The van der Waals surface area contributed by atoms with Crippen LogP contribution in [-0.4, -0.2) is 48.8 Å². The molecule has 3 nitrogen and oxygen atoms in total. The lowest BCUT2D eigenvalue weighted by Crippen LogP contribution is -2.43. The van der Waals surface area contributed by atoms with Gasteiger partial charge in [-0.05, 0) is 57.8 Å². The molecular formula is C17H28N2O. The van der Waals surface area contributed by atoms with Crippen LogP contribution in [0.5, 0.6) is 0 Å². The molecule has 0 bridgehead atoms. The molecule has 1 aliphatic heterocycles. The summed E-state index contributed by atoms with van der Waals surface area (Å²) in [5, 5.41) is 12.6. The Morgan fingerprint density at radius 3 is 2.75 bits per heavy atom. The van der Waals surface area contributed by atoms with E-state index in [0.717, 1.165) is 19.4 Å². The first-order chi connectivity index (χ1) is 9.67. The van der Waals surface area contributed by atoms with Crippen LogP contribution in [-0.2, 0) is 0 Å². The highest BCUT2D eigenvalue weighted by Gasteiger charge is 2.25. The molecule has 0 aliphatic carbocycles. The van der Waals surface area contributed by atoms with Crippen molar-refractivity contribution in [2.24, 2.45) is 0 Å². The molecule has 2 atom stereocenters. The molecule has 112 valence electrons. The van der Waals surface area contributed by atoms with Gasteiger partial charge >= 0.3 is 0 Å². The Labute approximate surface area is 123 Å². The fourth-order valence-electron chi connectivity index (χ4n) is 3.01. The van der Waals surface area contributed by atoms with Crippen molar-refractivity contribution in [1.82, 2.24) is 10.2 Å². The molecule has 0 aromatic heterocycles. The maximum absolute atomic E-state index is 9.39. The van der Waals surface area contributed by atoms with Gasteiger partial charge in [0.2, 0.25) is 0 Å². The Kier molecular flexibility index (Phi) is 5.58. The van der Waals surface area contributed by atoms with Gasteiger partial charge in [-0.2, -0.15) is 0 Å². The Bertz CT molecular complexity index is 389. The first-order valence-corrected chi connectivity index (χ1v) is 7.74. The smallest absolute Gasteiger partial charge is 0.0610 e. The van der Waals surface area contributed by atoms with E-state index < -0.39 is 0 Å². The first kappa shape index (κ1) is 15.5. The molecule has 20 heavy (non-hydrogen) atoms. The summed E-state index contributed by atoms with van der Waals surface area (Å²) in [7, 11) is 1.93. The van der Waals surface area contributed by atoms with E-state index in [1.165, 1.54) is 25.1 Å². The SMILES string of the molecule is CNC(C)(CO)CCCN1CCC(c2ccccc2)C1. The number of hydrogen-bond donors (Lipinski definition) is 2. The van der Waals surface area contributed by atoms with Gasteiger partial charge in [-0.25, -0.2) is 0 Å². The van der Waals surface area contributed by atoms with Gasteiger partial charge in [-0.1, -0.05) is 30.3 Å². The molecule has 1 saturated heterocycles. The maximum atomic E-state index is 9.39. The van der Waals surface area contributed by atoms with Gasteiger partial charge in [0, 0.05) is 12.1 Å². The van der Waals surface area contributed by atoms with Crippen molar-refractivity contribution in [2.75, 3.05) is 33.3 Å². The number of benzene rings is 1. The molecule has 3 heteroatoms. The lowest BCUT2D eigenvalue weighted by atomic mass is 9.97. The van der Waals surface area contributed by atoms with Gasteiger partial charge in [-0.3, -0.25) is 0 Å². The summed E-state index contributed by atoms with van der Waals surface area (Å²) in [6, 6.07) is 10.9. The van der Waals surface area contributed by atoms with Crippen LogP contribution in [0.15, 0.2) is 30.3 Å². The first-order valence-electron chi connectivity index (χ1n) is 7.74. The second-order valence-corrected chi connectivity index (χ2v) is 6.27. The molecule has 1 heterocycles. The molecule has 0 saturated carbocycles. The Morgan fingerprint density at radius 1 is 1.35 bits per heavy atom. The maximum Gasteiger partial charge on any atom is 0.0610 e. The van der Waals surface area contributed by atoms with Crippen molar-refractivity contribution in [3.05, 3.63) is 35.9 Å². The van der Waals surface area contributed by atoms with Crippen LogP contribution in [0.2, 0.25) is 0 Å². The van der Waals surface area contributed by atoms with E-state index in [1.807, 2.05) is 7.05 Å². The van der Waals surface area contributed by atoms with E-state index in [4.69, 9.17) is 0 Å². The Balaban J connectivity index is 1.74. The predicted molar refractivity (Wildman–Crippen MR) is 84.0 cm³/mol. The van der Waals surface area contributed by atoms with Crippen LogP contribution < -0.4 is 5.32 Å². The van der Waals surface area contributed by atoms with Crippen LogP contribution in [0.4, 0.5) is 0 Å². The van der Waals surface area contributed by atoms with Crippen LogP contribution >= 0.6 is 0 Å². The van der Waals surface area contributed by atoms with Gasteiger partial charge in [-0.15, -0.1) is 0 Å². The highest BCUT2D eigenvalue weighted by Crippen LogP contribution is 2.27. The zero-order valence-corrected chi connectivity index (χ0v) is 12.8. The van der Waals surface area contributed by atoms with E-state index in [0.29, 0.717) is 5.92 Å². The molecule has 1 aromatic carbocycles. The fraction of sp³-hybridized carbons (Fsp3) is 0.647. The second kappa shape index (κ2) is 7.21. The average Bonchev–Trinajstić information content (AvgIpc) is 2.97. The monoisotopic (exact) mass is 276 g/mol. The number of aliphatic hydroxyl groups is 1. The summed E-state index contributed by atoms with van der Waals surface area (Å²) in [4.78, 5) is 2.56.